The maximum atomic E-state index is 12.3. The minimum absolute atomic E-state index is 0.0641. The van der Waals surface area contributed by atoms with Gasteiger partial charge in [-0.05, 0) is 73.2 Å². The molecule has 1 amide bonds. The predicted molar refractivity (Wildman–Crippen MR) is 152 cm³/mol. The van der Waals surface area contributed by atoms with Crippen LogP contribution in [0.4, 0.5) is 11.4 Å². The lowest BCUT2D eigenvalue weighted by Gasteiger charge is -2.29. The molecule has 1 aliphatic heterocycles. The summed E-state index contributed by atoms with van der Waals surface area (Å²) in [6, 6.07) is 23.5. The van der Waals surface area contributed by atoms with Crippen LogP contribution in [0.1, 0.15) is 29.0 Å². The molecule has 0 bridgehead atoms. The van der Waals surface area contributed by atoms with Crippen molar-refractivity contribution in [3.05, 3.63) is 102 Å². The number of amides is 1. The molecule has 2 atom stereocenters. The van der Waals surface area contributed by atoms with E-state index in [1.54, 1.807) is 13.3 Å². The van der Waals surface area contributed by atoms with E-state index in [0.29, 0.717) is 16.5 Å². The Morgan fingerprint density at radius 3 is 2.63 bits per heavy atom. The molecular formula is C29H29N5O3S. The first kappa shape index (κ1) is 25.4. The molecule has 5 rings (SSSR count). The van der Waals surface area contributed by atoms with Gasteiger partial charge in [-0.25, -0.2) is 0 Å². The van der Waals surface area contributed by atoms with Gasteiger partial charge in [0.25, 0.3) is 0 Å². The number of para-hydroxylation sites is 1. The van der Waals surface area contributed by atoms with E-state index in [1.807, 2.05) is 54.6 Å². The summed E-state index contributed by atoms with van der Waals surface area (Å²) in [5.74, 6) is 0.263. The van der Waals surface area contributed by atoms with Crippen LogP contribution in [0.5, 0.6) is 5.75 Å². The van der Waals surface area contributed by atoms with Crippen LogP contribution in [0.15, 0.2) is 85.2 Å². The monoisotopic (exact) mass is 527 g/mol. The van der Waals surface area contributed by atoms with Crippen molar-refractivity contribution in [2.75, 3.05) is 31.0 Å². The lowest BCUT2D eigenvalue weighted by atomic mass is 10.0. The second-order valence-corrected chi connectivity index (χ2v) is 9.34. The van der Waals surface area contributed by atoms with E-state index in [0.717, 1.165) is 28.3 Å². The zero-order chi connectivity index (χ0) is 26.6. The van der Waals surface area contributed by atoms with Gasteiger partial charge in [0.15, 0.2) is 5.11 Å². The van der Waals surface area contributed by atoms with E-state index in [4.69, 9.17) is 21.7 Å². The highest BCUT2D eigenvalue weighted by atomic mass is 32.1. The van der Waals surface area contributed by atoms with Crippen molar-refractivity contribution in [3.63, 3.8) is 0 Å². The minimum atomic E-state index is -0.276. The lowest BCUT2D eigenvalue weighted by molar-refractivity contribution is -0.119. The maximum Gasteiger partial charge on any atom is 0.250 e. The van der Waals surface area contributed by atoms with Gasteiger partial charge in [0, 0.05) is 36.6 Å². The van der Waals surface area contributed by atoms with Crippen LogP contribution < -0.4 is 20.3 Å². The van der Waals surface area contributed by atoms with Gasteiger partial charge in [-0.2, -0.15) is 0 Å². The molecule has 0 aliphatic carbocycles. The van der Waals surface area contributed by atoms with Gasteiger partial charge in [-0.3, -0.25) is 9.78 Å². The number of hydrogen-bond donors (Lipinski definition) is 2. The Bertz CT molecular complexity index is 1460. The van der Waals surface area contributed by atoms with E-state index >= 15 is 0 Å². The molecule has 1 saturated heterocycles. The first-order valence-electron chi connectivity index (χ1n) is 12.2. The molecule has 0 spiro atoms. The molecule has 2 aromatic heterocycles. The number of nitrogens with one attached hydrogen (secondary N) is 2. The summed E-state index contributed by atoms with van der Waals surface area (Å²) in [5.41, 5.74) is 5.51. The molecular weight excluding hydrogens is 498 g/mol. The lowest BCUT2D eigenvalue weighted by Crippen LogP contribution is -2.30. The van der Waals surface area contributed by atoms with Gasteiger partial charge >= 0.3 is 0 Å². The highest BCUT2D eigenvalue weighted by molar-refractivity contribution is 7.80. The number of methoxy groups -OCH3 is 2. The second kappa shape index (κ2) is 11.0. The number of ether oxygens (including phenoxy) is 2. The molecule has 2 N–H and O–H groups in total. The van der Waals surface area contributed by atoms with Crippen LogP contribution >= 0.6 is 12.2 Å². The summed E-state index contributed by atoms with van der Waals surface area (Å²) in [7, 11) is 3.05. The van der Waals surface area contributed by atoms with Crippen LogP contribution in [-0.2, 0) is 9.53 Å². The van der Waals surface area contributed by atoms with E-state index < -0.39 is 0 Å². The quantitative estimate of drug-likeness (QED) is 0.314. The molecule has 0 saturated carbocycles. The average molecular weight is 528 g/mol. The number of rotatable bonds is 8. The fourth-order valence-electron chi connectivity index (χ4n) is 4.88. The van der Waals surface area contributed by atoms with Crippen LogP contribution in [-0.4, -0.2) is 41.4 Å². The van der Waals surface area contributed by atoms with Gasteiger partial charge < -0.3 is 29.6 Å². The third-order valence-corrected chi connectivity index (χ3v) is 6.88. The predicted octanol–water partition coefficient (Wildman–Crippen LogP) is 4.95. The summed E-state index contributed by atoms with van der Waals surface area (Å²) in [6.45, 7) is 2.04. The number of thiocarbonyl (C=S) groups is 1. The fraction of sp³-hybridized carbons (Fsp3) is 0.207. The molecule has 0 radical (unpaired) electrons. The summed E-state index contributed by atoms with van der Waals surface area (Å²) < 4.78 is 12.7. The van der Waals surface area contributed by atoms with Gasteiger partial charge in [-0.1, -0.05) is 24.3 Å². The first-order chi connectivity index (χ1) is 18.5. The van der Waals surface area contributed by atoms with Gasteiger partial charge in [-0.15, -0.1) is 0 Å². The Hall–Kier alpha value is -4.21. The normalized spacial score (nSPS) is 16.8. The molecule has 194 valence electrons. The number of nitrogens with zero attached hydrogens (tertiary/aromatic N) is 3. The fourth-order valence-corrected chi connectivity index (χ4v) is 5.23. The van der Waals surface area contributed by atoms with E-state index in [-0.39, 0.29) is 24.6 Å². The van der Waals surface area contributed by atoms with E-state index in [2.05, 4.69) is 56.4 Å². The molecule has 0 unspecified atom stereocenters. The number of carbonyl (C=O) groups is 1. The topological polar surface area (TPSA) is 80.7 Å². The Morgan fingerprint density at radius 2 is 1.89 bits per heavy atom. The molecule has 1 fully saturated rings. The standard InChI is InChI=1S/C29H29N5O3S/c1-19-9-4-5-11-23(19)33-16-8-12-24(33)28-27(21-10-6-7-15-30-21)32-29(38)34(28)20-13-14-25(37-3)22(17-20)31-26(35)18-36-2/h4-17,27-28H,18H2,1-3H3,(H,31,35)(H,32,38)/t27-,28+/m1/s1. The highest BCUT2D eigenvalue weighted by Gasteiger charge is 2.42. The molecule has 1 aliphatic rings. The van der Waals surface area contributed by atoms with E-state index in [1.165, 1.54) is 7.11 Å². The highest BCUT2D eigenvalue weighted by Crippen LogP contribution is 2.44. The molecule has 38 heavy (non-hydrogen) atoms. The number of carbonyl (C=O) groups excluding carboxylic acids is 1. The number of aryl methyl sites for hydroxylation is 1. The van der Waals surface area contributed by atoms with E-state index in [9.17, 15) is 4.79 Å². The zero-order valence-corrected chi connectivity index (χ0v) is 22.2. The van der Waals surface area contributed by atoms with Gasteiger partial charge in [0.05, 0.1) is 24.5 Å². The number of benzene rings is 2. The van der Waals surface area contributed by atoms with Gasteiger partial charge in [0.1, 0.15) is 18.4 Å². The number of aromatic nitrogens is 2. The Labute approximate surface area is 227 Å². The SMILES string of the molecule is COCC(=O)Nc1cc(N2C(=S)N[C@H](c3ccccn3)[C@@H]2c2cccn2-c2ccccc2C)ccc1OC. The third-order valence-electron chi connectivity index (χ3n) is 6.57. The molecule has 4 aromatic rings. The Morgan fingerprint density at radius 1 is 1.08 bits per heavy atom. The van der Waals surface area contributed by atoms with Crippen molar-refractivity contribution in [3.8, 4) is 11.4 Å². The zero-order valence-electron chi connectivity index (χ0n) is 21.4. The molecule has 9 heteroatoms. The van der Waals surface area contributed by atoms with Crippen LogP contribution in [0, 0.1) is 6.92 Å². The van der Waals surface area contributed by atoms with Crippen molar-refractivity contribution in [2.24, 2.45) is 0 Å². The van der Waals surface area contributed by atoms with Crippen molar-refractivity contribution < 1.29 is 14.3 Å². The smallest absolute Gasteiger partial charge is 0.250 e. The van der Waals surface area contributed by atoms with Crippen molar-refractivity contribution >= 4 is 34.6 Å². The number of pyridine rings is 1. The Kier molecular flexibility index (Phi) is 7.39. The third kappa shape index (κ3) is 4.85. The van der Waals surface area contributed by atoms with Crippen LogP contribution in [0.25, 0.3) is 5.69 Å². The molecule has 3 heterocycles. The maximum absolute atomic E-state index is 12.3. The van der Waals surface area contributed by atoms with Crippen molar-refractivity contribution in [1.82, 2.24) is 14.9 Å². The summed E-state index contributed by atoms with van der Waals surface area (Å²) >= 11 is 5.91. The summed E-state index contributed by atoms with van der Waals surface area (Å²) in [6.07, 6.45) is 3.86. The van der Waals surface area contributed by atoms with Crippen molar-refractivity contribution in [1.29, 1.82) is 0 Å². The minimum Gasteiger partial charge on any atom is -0.495 e. The summed E-state index contributed by atoms with van der Waals surface area (Å²) in [5, 5.41) is 6.94. The second-order valence-electron chi connectivity index (χ2n) is 8.95. The number of anilines is 2. The molecule has 2 aromatic carbocycles. The first-order valence-corrected chi connectivity index (χ1v) is 12.6. The summed E-state index contributed by atoms with van der Waals surface area (Å²) in [4.78, 5) is 19.1. The van der Waals surface area contributed by atoms with Crippen molar-refractivity contribution in [2.45, 2.75) is 19.0 Å². The molecule has 8 nitrogen and oxygen atoms in total. The largest absolute Gasteiger partial charge is 0.495 e. The average Bonchev–Trinajstić information content (AvgIpc) is 3.53. The van der Waals surface area contributed by atoms with Crippen LogP contribution in [0.2, 0.25) is 0 Å². The Balaban J connectivity index is 1.64. The van der Waals surface area contributed by atoms with Gasteiger partial charge in [0.2, 0.25) is 5.91 Å². The van der Waals surface area contributed by atoms with Crippen LogP contribution in [0.3, 0.4) is 0 Å². The number of hydrogen-bond acceptors (Lipinski definition) is 5.